The van der Waals surface area contributed by atoms with Gasteiger partial charge >= 0.3 is 0 Å². The van der Waals surface area contributed by atoms with Crippen LogP contribution < -0.4 is 4.74 Å². The highest BCUT2D eigenvalue weighted by molar-refractivity contribution is 6.32. The van der Waals surface area contributed by atoms with Crippen LogP contribution in [0.15, 0.2) is 12.1 Å². The number of nitrogens with zero attached hydrogens (tertiary/aromatic N) is 1. The lowest BCUT2D eigenvalue weighted by molar-refractivity contribution is 0.0795. The van der Waals surface area contributed by atoms with Crippen LogP contribution in [0.1, 0.15) is 12.1 Å². The molecule has 0 unspecified atom stereocenters. The molecule has 0 fully saturated rings. The van der Waals surface area contributed by atoms with E-state index >= 15 is 0 Å². The molecule has 0 atom stereocenters. The van der Waals surface area contributed by atoms with E-state index in [-0.39, 0.29) is 5.88 Å². The van der Waals surface area contributed by atoms with Crippen LogP contribution in [-0.2, 0) is 15.4 Å². The Labute approximate surface area is 117 Å². The normalized spacial score (nSPS) is 10.6. The standard InChI is InChI=1S/C12H17Cl2NO3/c1-16-5-2-6-17-7-8-18-12-4-3-10(14)11(9-13)15-12/h3-4H,2,5-9H2,1H3. The second-order valence-electron chi connectivity index (χ2n) is 3.52. The van der Waals surface area contributed by atoms with E-state index in [4.69, 9.17) is 37.4 Å². The molecule has 0 saturated carbocycles. The number of methoxy groups -OCH3 is 1. The predicted molar refractivity (Wildman–Crippen MR) is 71.6 cm³/mol. The molecule has 0 saturated heterocycles. The number of alkyl halides is 1. The molecule has 18 heavy (non-hydrogen) atoms. The van der Waals surface area contributed by atoms with Crippen molar-refractivity contribution in [3.8, 4) is 5.88 Å². The Hall–Kier alpha value is -0.550. The lowest BCUT2D eigenvalue weighted by Crippen LogP contribution is -2.09. The molecule has 0 amide bonds. The molecule has 0 aromatic carbocycles. The summed E-state index contributed by atoms with van der Waals surface area (Å²) in [6, 6.07) is 3.43. The summed E-state index contributed by atoms with van der Waals surface area (Å²) in [5.41, 5.74) is 0.622. The summed E-state index contributed by atoms with van der Waals surface area (Å²) in [5.74, 6) is 0.777. The van der Waals surface area contributed by atoms with Crippen LogP contribution in [0.5, 0.6) is 5.88 Å². The van der Waals surface area contributed by atoms with Gasteiger partial charge in [0.15, 0.2) is 0 Å². The minimum Gasteiger partial charge on any atom is -0.475 e. The van der Waals surface area contributed by atoms with Crippen LogP contribution >= 0.6 is 23.2 Å². The smallest absolute Gasteiger partial charge is 0.213 e. The fourth-order valence-electron chi connectivity index (χ4n) is 1.25. The molecule has 102 valence electrons. The summed E-state index contributed by atoms with van der Waals surface area (Å²) in [6.07, 6.45) is 0.881. The number of hydrogen-bond donors (Lipinski definition) is 0. The van der Waals surface area contributed by atoms with E-state index in [0.29, 0.717) is 43.0 Å². The largest absolute Gasteiger partial charge is 0.475 e. The summed E-state index contributed by atoms with van der Waals surface area (Å²) in [7, 11) is 1.67. The number of rotatable bonds is 9. The lowest BCUT2D eigenvalue weighted by atomic mass is 10.4. The van der Waals surface area contributed by atoms with Gasteiger partial charge in [0, 0.05) is 26.4 Å². The highest BCUT2D eigenvalue weighted by Gasteiger charge is 2.03. The van der Waals surface area contributed by atoms with Crippen molar-refractivity contribution in [1.82, 2.24) is 4.98 Å². The van der Waals surface area contributed by atoms with E-state index in [0.717, 1.165) is 6.42 Å². The summed E-state index contributed by atoms with van der Waals surface area (Å²) < 4.78 is 15.7. The molecule has 0 spiro atoms. The van der Waals surface area contributed by atoms with Gasteiger partial charge in [-0.1, -0.05) is 11.6 Å². The molecule has 1 aromatic rings. The van der Waals surface area contributed by atoms with Crippen LogP contribution in [-0.4, -0.2) is 38.5 Å². The molecule has 0 radical (unpaired) electrons. The molecule has 0 aliphatic rings. The maximum Gasteiger partial charge on any atom is 0.213 e. The highest BCUT2D eigenvalue weighted by Crippen LogP contribution is 2.19. The van der Waals surface area contributed by atoms with Crippen molar-refractivity contribution >= 4 is 23.2 Å². The maximum atomic E-state index is 5.89. The van der Waals surface area contributed by atoms with Crippen LogP contribution in [0.25, 0.3) is 0 Å². The number of pyridine rings is 1. The Morgan fingerprint density at radius 2 is 2.00 bits per heavy atom. The molecule has 1 heterocycles. The van der Waals surface area contributed by atoms with Gasteiger partial charge in [0.2, 0.25) is 5.88 Å². The summed E-state index contributed by atoms with van der Waals surface area (Å²) >= 11 is 11.6. The molecular formula is C12H17Cl2NO3. The first-order valence-corrected chi connectivity index (χ1v) is 6.60. The van der Waals surface area contributed by atoms with Crippen molar-refractivity contribution in [2.75, 3.05) is 33.5 Å². The SMILES string of the molecule is COCCCOCCOc1ccc(Cl)c(CCl)n1. The van der Waals surface area contributed by atoms with Gasteiger partial charge in [-0.3, -0.25) is 0 Å². The number of aromatic nitrogens is 1. The predicted octanol–water partition coefficient (Wildman–Crippen LogP) is 2.91. The minimum absolute atomic E-state index is 0.267. The van der Waals surface area contributed by atoms with Crippen molar-refractivity contribution < 1.29 is 14.2 Å². The fraction of sp³-hybridized carbons (Fsp3) is 0.583. The molecule has 1 rings (SSSR count). The third kappa shape index (κ3) is 5.87. The number of hydrogen-bond acceptors (Lipinski definition) is 4. The zero-order valence-corrected chi connectivity index (χ0v) is 11.8. The van der Waals surface area contributed by atoms with Crippen LogP contribution in [0.2, 0.25) is 5.02 Å². The zero-order valence-electron chi connectivity index (χ0n) is 10.3. The molecule has 0 aliphatic carbocycles. The molecule has 0 N–H and O–H groups in total. The van der Waals surface area contributed by atoms with Crippen LogP contribution in [0.3, 0.4) is 0 Å². The zero-order chi connectivity index (χ0) is 13.2. The first-order chi connectivity index (χ1) is 8.77. The second kappa shape index (κ2) is 9.39. The average molecular weight is 294 g/mol. The first kappa shape index (κ1) is 15.5. The third-order valence-corrected chi connectivity index (χ3v) is 2.73. The Morgan fingerprint density at radius 1 is 1.17 bits per heavy atom. The Balaban J connectivity index is 2.19. The maximum absolute atomic E-state index is 5.89. The van der Waals surface area contributed by atoms with Gasteiger partial charge in [0.1, 0.15) is 6.61 Å². The highest BCUT2D eigenvalue weighted by atomic mass is 35.5. The van der Waals surface area contributed by atoms with Gasteiger partial charge in [0.25, 0.3) is 0 Å². The summed E-state index contributed by atoms with van der Waals surface area (Å²) in [6.45, 7) is 2.34. The molecule has 6 heteroatoms. The van der Waals surface area contributed by atoms with E-state index in [1.54, 1.807) is 19.2 Å². The topological polar surface area (TPSA) is 40.6 Å². The fourth-order valence-corrected chi connectivity index (χ4v) is 1.70. The Kier molecular flexibility index (Phi) is 8.09. The van der Waals surface area contributed by atoms with E-state index in [1.807, 2.05) is 0 Å². The Morgan fingerprint density at radius 3 is 2.72 bits per heavy atom. The molecule has 0 bridgehead atoms. The van der Waals surface area contributed by atoms with Crippen molar-refractivity contribution in [2.45, 2.75) is 12.3 Å². The van der Waals surface area contributed by atoms with Crippen molar-refractivity contribution in [2.24, 2.45) is 0 Å². The van der Waals surface area contributed by atoms with Crippen molar-refractivity contribution in [1.29, 1.82) is 0 Å². The van der Waals surface area contributed by atoms with Gasteiger partial charge in [-0.25, -0.2) is 4.98 Å². The minimum atomic E-state index is 0.267. The van der Waals surface area contributed by atoms with E-state index in [9.17, 15) is 0 Å². The quantitative estimate of drug-likeness (QED) is 0.518. The third-order valence-electron chi connectivity index (χ3n) is 2.13. The first-order valence-electron chi connectivity index (χ1n) is 5.68. The average Bonchev–Trinajstić information content (AvgIpc) is 2.39. The van der Waals surface area contributed by atoms with Gasteiger partial charge in [-0.2, -0.15) is 0 Å². The van der Waals surface area contributed by atoms with E-state index < -0.39 is 0 Å². The monoisotopic (exact) mass is 293 g/mol. The van der Waals surface area contributed by atoms with E-state index in [2.05, 4.69) is 4.98 Å². The van der Waals surface area contributed by atoms with Gasteiger partial charge < -0.3 is 14.2 Å². The molecule has 4 nitrogen and oxygen atoms in total. The van der Waals surface area contributed by atoms with Crippen LogP contribution in [0, 0.1) is 0 Å². The summed E-state index contributed by atoms with van der Waals surface area (Å²) in [4.78, 5) is 4.18. The summed E-state index contributed by atoms with van der Waals surface area (Å²) in [5, 5.41) is 0.549. The van der Waals surface area contributed by atoms with Crippen molar-refractivity contribution in [3.63, 3.8) is 0 Å². The van der Waals surface area contributed by atoms with Gasteiger partial charge in [-0.15, -0.1) is 11.6 Å². The van der Waals surface area contributed by atoms with Crippen molar-refractivity contribution in [3.05, 3.63) is 22.8 Å². The van der Waals surface area contributed by atoms with Gasteiger partial charge in [0.05, 0.1) is 23.2 Å². The second-order valence-corrected chi connectivity index (χ2v) is 4.19. The number of halogens is 2. The molecule has 0 aliphatic heterocycles. The lowest BCUT2D eigenvalue weighted by Gasteiger charge is -2.07. The molecule has 1 aromatic heterocycles. The molecular weight excluding hydrogens is 277 g/mol. The van der Waals surface area contributed by atoms with E-state index in [1.165, 1.54) is 0 Å². The Bertz CT molecular complexity index is 350. The van der Waals surface area contributed by atoms with Gasteiger partial charge in [-0.05, 0) is 12.5 Å². The van der Waals surface area contributed by atoms with Crippen LogP contribution in [0.4, 0.5) is 0 Å². The number of ether oxygens (including phenoxy) is 3.